The summed E-state index contributed by atoms with van der Waals surface area (Å²) >= 11 is 0. The number of nitrogens with one attached hydrogen (secondary N) is 1. The average molecular weight is 378 g/mol. The van der Waals surface area contributed by atoms with Gasteiger partial charge in [0.15, 0.2) is 0 Å². The van der Waals surface area contributed by atoms with Gasteiger partial charge in [-0.05, 0) is 24.3 Å². The van der Waals surface area contributed by atoms with E-state index in [9.17, 15) is 18.7 Å². The third kappa shape index (κ3) is 4.01. The van der Waals surface area contributed by atoms with Crippen LogP contribution in [0.5, 0.6) is 11.5 Å². The minimum absolute atomic E-state index is 0.104. The van der Waals surface area contributed by atoms with Crippen LogP contribution in [0.4, 0.5) is 14.5 Å². The molecular weight excluding hydrogens is 358 g/mol. The molecule has 6 nitrogen and oxygen atoms in total. The molecule has 0 aliphatic carbocycles. The van der Waals surface area contributed by atoms with Crippen LogP contribution in [0.25, 0.3) is 0 Å². The Kier molecular flexibility index (Phi) is 5.57. The summed E-state index contributed by atoms with van der Waals surface area (Å²) in [4.78, 5) is 14.0. The normalized spacial score (nSPS) is 16.6. The van der Waals surface area contributed by atoms with Gasteiger partial charge in [0.1, 0.15) is 23.1 Å². The molecule has 0 radical (unpaired) electrons. The third-order valence-electron chi connectivity index (χ3n) is 4.43. The molecule has 0 saturated heterocycles. The maximum Gasteiger partial charge on any atom is 0.238 e. The van der Waals surface area contributed by atoms with Gasteiger partial charge in [-0.15, -0.1) is 0 Å². The number of nitrogens with zero attached hydrogens (tertiary/aromatic N) is 1. The molecule has 0 unspecified atom stereocenters. The molecular formula is C19H20F2N2O4. The first-order valence-electron chi connectivity index (χ1n) is 8.32. The van der Waals surface area contributed by atoms with Gasteiger partial charge in [-0.3, -0.25) is 9.69 Å². The van der Waals surface area contributed by atoms with Gasteiger partial charge in [0.25, 0.3) is 0 Å². The van der Waals surface area contributed by atoms with Crippen LogP contribution in [0.1, 0.15) is 17.2 Å². The number of aliphatic hydroxyl groups excluding tert-OH is 1. The maximum absolute atomic E-state index is 13.7. The first kappa shape index (κ1) is 19.1. The second-order valence-electron chi connectivity index (χ2n) is 6.22. The van der Waals surface area contributed by atoms with Crippen molar-refractivity contribution in [2.75, 3.05) is 32.6 Å². The summed E-state index contributed by atoms with van der Waals surface area (Å²) in [6.07, 6.45) is -0.877. The Morgan fingerprint density at radius 3 is 2.63 bits per heavy atom. The molecule has 0 aromatic heterocycles. The number of hydrogen-bond donors (Lipinski definition) is 2. The zero-order valence-electron chi connectivity index (χ0n) is 15.0. The molecule has 1 aliphatic heterocycles. The number of carbonyl (C=O) groups is 1. The van der Waals surface area contributed by atoms with Gasteiger partial charge in [0.2, 0.25) is 5.91 Å². The minimum atomic E-state index is -0.877. The highest BCUT2D eigenvalue weighted by Crippen LogP contribution is 2.39. The van der Waals surface area contributed by atoms with E-state index in [1.54, 1.807) is 17.0 Å². The van der Waals surface area contributed by atoms with Crippen molar-refractivity contribution >= 4 is 11.6 Å². The molecule has 8 heteroatoms. The van der Waals surface area contributed by atoms with Gasteiger partial charge >= 0.3 is 0 Å². The van der Waals surface area contributed by atoms with Crippen LogP contribution in [0.2, 0.25) is 0 Å². The fourth-order valence-corrected chi connectivity index (χ4v) is 3.25. The van der Waals surface area contributed by atoms with Crippen molar-refractivity contribution in [2.24, 2.45) is 0 Å². The molecule has 1 heterocycles. The van der Waals surface area contributed by atoms with E-state index in [2.05, 4.69) is 5.32 Å². The van der Waals surface area contributed by atoms with Crippen molar-refractivity contribution < 1.29 is 28.2 Å². The Bertz CT molecular complexity index is 860. The number of methoxy groups -OCH3 is 2. The fraction of sp³-hybridized carbons (Fsp3) is 0.316. The molecule has 1 amide bonds. The lowest BCUT2D eigenvalue weighted by Crippen LogP contribution is -2.39. The summed E-state index contributed by atoms with van der Waals surface area (Å²) in [5.74, 6) is -0.765. The molecule has 1 aliphatic rings. The van der Waals surface area contributed by atoms with Crippen molar-refractivity contribution in [2.45, 2.75) is 12.6 Å². The molecule has 0 fully saturated rings. The Labute approximate surface area is 155 Å². The Balaban J connectivity index is 1.76. The van der Waals surface area contributed by atoms with Gasteiger partial charge in [-0.25, -0.2) is 8.78 Å². The van der Waals surface area contributed by atoms with Crippen LogP contribution < -0.4 is 14.8 Å². The zero-order valence-corrected chi connectivity index (χ0v) is 15.0. The van der Waals surface area contributed by atoms with Crippen molar-refractivity contribution in [3.63, 3.8) is 0 Å². The first-order valence-corrected chi connectivity index (χ1v) is 8.32. The van der Waals surface area contributed by atoms with Gasteiger partial charge in [0, 0.05) is 30.3 Å². The van der Waals surface area contributed by atoms with E-state index < -0.39 is 23.6 Å². The van der Waals surface area contributed by atoms with Crippen LogP contribution in [0.15, 0.2) is 30.3 Å². The number of fused-ring (bicyclic) bond motifs is 1. The summed E-state index contributed by atoms with van der Waals surface area (Å²) in [7, 11) is 3.04. The van der Waals surface area contributed by atoms with Crippen LogP contribution in [-0.4, -0.2) is 43.2 Å². The largest absolute Gasteiger partial charge is 0.496 e. The number of carbonyl (C=O) groups excluding carboxylic acids is 1. The van der Waals surface area contributed by atoms with E-state index >= 15 is 0 Å². The lowest BCUT2D eigenvalue weighted by molar-refractivity contribution is -0.118. The number of anilines is 1. The average Bonchev–Trinajstić information content (AvgIpc) is 2.63. The second kappa shape index (κ2) is 7.89. The van der Waals surface area contributed by atoms with E-state index in [4.69, 9.17) is 9.47 Å². The highest BCUT2D eigenvalue weighted by molar-refractivity contribution is 5.92. The summed E-state index contributed by atoms with van der Waals surface area (Å²) < 4.78 is 37.6. The Hall–Kier alpha value is -2.71. The van der Waals surface area contributed by atoms with E-state index in [0.29, 0.717) is 23.6 Å². The number of aliphatic hydroxyl groups is 1. The molecule has 0 spiro atoms. The third-order valence-corrected chi connectivity index (χ3v) is 4.43. The summed E-state index contributed by atoms with van der Waals surface area (Å²) in [6, 6.07) is 6.29. The number of benzene rings is 2. The quantitative estimate of drug-likeness (QED) is 0.837. The Morgan fingerprint density at radius 1 is 1.22 bits per heavy atom. The monoisotopic (exact) mass is 378 g/mol. The van der Waals surface area contributed by atoms with Crippen LogP contribution in [0.3, 0.4) is 0 Å². The van der Waals surface area contributed by atoms with Gasteiger partial charge in [-0.2, -0.15) is 0 Å². The van der Waals surface area contributed by atoms with E-state index in [-0.39, 0.29) is 18.8 Å². The number of hydrogen-bond acceptors (Lipinski definition) is 5. The van der Waals surface area contributed by atoms with Crippen molar-refractivity contribution in [3.05, 3.63) is 53.1 Å². The smallest absolute Gasteiger partial charge is 0.238 e. The second-order valence-corrected chi connectivity index (χ2v) is 6.22. The molecule has 1 atom stereocenters. The van der Waals surface area contributed by atoms with E-state index in [0.717, 1.165) is 23.8 Å². The molecule has 3 rings (SSSR count). The van der Waals surface area contributed by atoms with Crippen LogP contribution in [0, 0.1) is 11.6 Å². The summed E-state index contributed by atoms with van der Waals surface area (Å²) in [5.41, 5.74) is 1.13. The predicted molar refractivity (Wildman–Crippen MR) is 94.8 cm³/mol. The minimum Gasteiger partial charge on any atom is -0.496 e. The topological polar surface area (TPSA) is 71.0 Å². The van der Waals surface area contributed by atoms with Gasteiger partial charge < -0.3 is 19.9 Å². The standard InChI is InChI=1S/C19H20F2N2O4/c1-26-16-5-6-17(27-2)19-12(16)8-23(9-15(19)24)10-18(25)22-14-7-11(20)3-4-13(14)21/h3-7,15,24H,8-10H2,1-2H3,(H,22,25)/t15-/m1/s1. The lowest BCUT2D eigenvalue weighted by atomic mass is 9.95. The molecule has 0 saturated carbocycles. The predicted octanol–water partition coefficient (Wildman–Crippen LogP) is 2.47. The van der Waals surface area contributed by atoms with Crippen LogP contribution >= 0.6 is 0 Å². The summed E-state index contributed by atoms with van der Waals surface area (Å²) in [6.45, 7) is 0.425. The van der Waals surface area contributed by atoms with Crippen molar-refractivity contribution in [3.8, 4) is 11.5 Å². The van der Waals surface area contributed by atoms with Gasteiger partial charge in [-0.1, -0.05) is 0 Å². The number of rotatable bonds is 5. The SMILES string of the molecule is COc1ccc(OC)c2c1CN(CC(=O)Nc1cc(F)ccc1F)C[C@H]2O. The molecule has 0 bridgehead atoms. The molecule has 144 valence electrons. The molecule has 2 N–H and O–H groups in total. The highest BCUT2D eigenvalue weighted by atomic mass is 19.1. The maximum atomic E-state index is 13.7. The highest BCUT2D eigenvalue weighted by Gasteiger charge is 2.30. The van der Waals surface area contributed by atoms with E-state index in [1.807, 2.05) is 0 Å². The molecule has 2 aromatic carbocycles. The number of ether oxygens (including phenoxy) is 2. The van der Waals surface area contributed by atoms with Crippen molar-refractivity contribution in [1.82, 2.24) is 4.90 Å². The Morgan fingerprint density at radius 2 is 1.93 bits per heavy atom. The fourth-order valence-electron chi connectivity index (χ4n) is 3.25. The molecule has 27 heavy (non-hydrogen) atoms. The number of halogens is 2. The van der Waals surface area contributed by atoms with E-state index in [1.165, 1.54) is 14.2 Å². The van der Waals surface area contributed by atoms with Crippen molar-refractivity contribution in [1.29, 1.82) is 0 Å². The lowest BCUT2D eigenvalue weighted by Gasteiger charge is -2.33. The zero-order chi connectivity index (χ0) is 19.6. The number of β-amino-alcohol motifs (C(OH)–C–C–N with tert-alkyl or cyclic N) is 1. The summed E-state index contributed by atoms with van der Waals surface area (Å²) in [5, 5.41) is 12.9. The first-order chi connectivity index (χ1) is 12.9. The number of amides is 1. The molecule has 2 aromatic rings. The van der Waals surface area contributed by atoms with Crippen LogP contribution in [-0.2, 0) is 11.3 Å². The van der Waals surface area contributed by atoms with Gasteiger partial charge in [0.05, 0.1) is 32.6 Å².